The summed E-state index contributed by atoms with van der Waals surface area (Å²) in [6, 6.07) is 11.0. The molecule has 3 aromatic rings. The Hall–Kier alpha value is -3.72. The number of amides is 3. The standard InChI is InChI=1S/C24H24ClFN6O2/c1-3-17-12-31(24(34)29-16-7-4-14(5-8-16)11-28-2)13-20-21(23(27)33)22(30-32(17)20)15-6-9-19(26)18(25)10-15/h4-11,17H,3,12-13H2,1-2H3,(H2,27,33)(H,29,34). The van der Waals surface area contributed by atoms with Crippen molar-refractivity contribution in [1.82, 2.24) is 14.7 Å². The van der Waals surface area contributed by atoms with Gasteiger partial charge in [-0.15, -0.1) is 0 Å². The quantitative estimate of drug-likeness (QED) is 0.523. The second-order valence-electron chi connectivity index (χ2n) is 7.99. The third-order valence-corrected chi connectivity index (χ3v) is 6.05. The fraction of sp³-hybridized carbons (Fsp3) is 0.250. The maximum absolute atomic E-state index is 13.7. The van der Waals surface area contributed by atoms with E-state index in [9.17, 15) is 14.0 Å². The summed E-state index contributed by atoms with van der Waals surface area (Å²) >= 11 is 5.95. The summed E-state index contributed by atoms with van der Waals surface area (Å²) in [6.45, 7) is 2.52. The van der Waals surface area contributed by atoms with Gasteiger partial charge in [-0.05, 0) is 42.3 Å². The number of anilines is 1. The number of primary amides is 1. The van der Waals surface area contributed by atoms with Crippen LogP contribution in [-0.2, 0) is 6.54 Å². The summed E-state index contributed by atoms with van der Waals surface area (Å²) in [6.07, 6.45) is 2.39. The zero-order valence-corrected chi connectivity index (χ0v) is 19.5. The number of nitrogens with zero attached hydrogens (tertiary/aromatic N) is 4. The molecule has 0 fully saturated rings. The highest BCUT2D eigenvalue weighted by atomic mass is 35.5. The molecule has 1 aliphatic heterocycles. The summed E-state index contributed by atoms with van der Waals surface area (Å²) < 4.78 is 15.4. The first-order valence-corrected chi connectivity index (χ1v) is 11.1. The van der Waals surface area contributed by atoms with Crippen molar-refractivity contribution in [1.29, 1.82) is 0 Å². The summed E-state index contributed by atoms with van der Waals surface area (Å²) in [5, 5.41) is 7.45. The van der Waals surface area contributed by atoms with Crippen LogP contribution in [0, 0.1) is 5.82 Å². The molecule has 176 valence electrons. The van der Waals surface area contributed by atoms with Crippen molar-refractivity contribution in [3.63, 3.8) is 0 Å². The maximum atomic E-state index is 13.7. The third kappa shape index (κ3) is 4.51. The Balaban J connectivity index is 1.66. The van der Waals surface area contributed by atoms with E-state index in [-0.39, 0.29) is 29.2 Å². The number of halogens is 2. The molecule has 1 aromatic heterocycles. The average molecular weight is 483 g/mol. The van der Waals surface area contributed by atoms with Gasteiger partial charge < -0.3 is 16.0 Å². The van der Waals surface area contributed by atoms with E-state index in [0.29, 0.717) is 35.6 Å². The van der Waals surface area contributed by atoms with Crippen LogP contribution in [0.15, 0.2) is 47.5 Å². The Labute approximate surface area is 201 Å². The molecule has 4 rings (SSSR count). The molecule has 0 spiro atoms. The van der Waals surface area contributed by atoms with Gasteiger partial charge in [0.1, 0.15) is 11.5 Å². The number of aliphatic imine (C=N–C) groups is 1. The van der Waals surface area contributed by atoms with Crippen molar-refractivity contribution in [2.45, 2.75) is 25.9 Å². The Kier molecular flexibility index (Phi) is 6.65. The van der Waals surface area contributed by atoms with Crippen molar-refractivity contribution in [2.24, 2.45) is 10.7 Å². The number of hydrogen-bond donors (Lipinski definition) is 2. The molecular formula is C24H24ClFN6O2. The van der Waals surface area contributed by atoms with Gasteiger partial charge in [-0.25, -0.2) is 9.18 Å². The van der Waals surface area contributed by atoms with E-state index in [2.05, 4.69) is 15.4 Å². The topological polar surface area (TPSA) is 106 Å². The van der Waals surface area contributed by atoms with Crippen molar-refractivity contribution in [3.8, 4) is 11.3 Å². The van der Waals surface area contributed by atoms with Gasteiger partial charge in [-0.3, -0.25) is 14.5 Å². The molecule has 2 aromatic carbocycles. The fourth-order valence-corrected chi connectivity index (χ4v) is 4.25. The number of hydrogen-bond acceptors (Lipinski definition) is 4. The van der Waals surface area contributed by atoms with Crippen LogP contribution in [-0.4, -0.2) is 46.4 Å². The van der Waals surface area contributed by atoms with E-state index in [1.54, 1.807) is 35.0 Å². The van der Waals surface area contributed by atoms with E-state index < -0.39 is 11.7 Å². The largest absolute Gasteiger partial charge is 0.365 e. The fourth-order valence-electron chi connectivity index (χ4n) is 4.07. The van der Waals surface area contributed by atoms with Crippen molar-refractivity contribution in [3.05, 3.63) is 70.1 Å². The Bertz CT molecular complexity index is 1270. The van der Waals surface area contributed by atoms with Gasteiger partial charge in [0.2, 0.25) is 0 Å². The summed E-state index contributed by atoms with van der Waals surface area (Å²) in [5.41, 5.74) is 8.82. The van der Waals surface area contributed by atoms with Gasteiger partial charge in [-0.2, -0.15) is 5.10 Å². The lowest BCUT2D eigenvalue weighted by Gasteiger charge is -2.33. The highest BCUT2D eigenvalue weighted by molar-refractivity contribution is 6.31. The normalized spacial score (nSPS) is 15.4. The molecule has 0 aliphatic carbocycles. The predicted molar refractivity (Wildman–Crippen MR) is 130 cm³/mol. The average Bonchev–Trinajstić information content (AvgIpc) is 3.21. The lowest BCUT2D eigenvalue weighted by molar-refractivity contribution is 0.0996. The number of urea groups is 1. The van der Waals surface area contributed by atoms with Crippen LogP contribution in [0.5, 0.6) is 0 Å². The number of fused-ring (bicyclic) bond motifs is 1. The van der Waals surface area contributed by atoms with Crippen molar-refractivity contribution in [2.75, 3.05) is 18.9 Å². The van der Waals surface area contributed by atoms with E-state index in [1.807, 2.05) is 19.1 Å². The van der Waals surface area contributed by atoms with Gasteiger partial charge in [0.15, 0.2) is 0 Å². The molecule has 3 amide bonds. The Morgan fingerprint density at radius 3 is 2.65 bits per heavy atom. The molecule has 34 heavy (non-hydrogen) atoms. The van der Waals surface area contributed by atoms with Crippen molar-refractivity contribution < 1.29 is 14.0 Å². The number of nitrogens with one attached hydrogen (secondary N) is 1. The van der Waals surface area contributed by atoms with E-state index >= 15 is 0 Å². The van der Waals surface area contributed by atoms with Crippen LogP contribution in [0.1, 0.15) is 41.0 Å². The lowest BCUT2D eigenvalue weighted by Crippen LogP contribution is -2.43. The molecular weight excluding hydrogens is 459 g/mol. The highest BCUT2D eigenvalue weighted by Gasteiger charge is 2.34. The maximum Gasteiger partial charge on any atom is 0.322 e. The minimum absolute atomic E-state index is 0.0804. The van der Waals surface area contributed by atoms with E-state index in [4.69, 9.17) is 17.3 Å². The summed E-state index contributed by atoms with van der Waals surface area (Å²) in [5.74, 6) is -1.25. The van der Waals surface area contributed by atoms with Crippen LogP contribution in [0.2, 0.25) is 5.02 Å². The first-order chi connectivity index (χ1) is 16.3. The molecule has 1 unspecified atom stereocenters. The zero-order chi connectivity index (χ0) is 24.4. The van der Waals surface area contributed by atoms with Gasteiger partial charge >= 0.3 is 6.03 Å². The lowest BCUT2D eigenvalue weighted by atomic mass is 10.0. The van der Waals surface area contributed by atoms with Crippen LogP contribution < -0.4 is 11.1 Å². The number of carbonyl (C=O) groups is 2. The monoisotopic (exact) mass is 482 g/mol. The predicted octanol–water partition coefficient (Wildman–Crippen LogP) is 4.49. The number of rotatable bonds is 5. The molecule has 1 atom stereocenters. The minimum atomic E-state index is -0.679. The van der Waals surface area contributed by atoms with Crippen LogP contribution in [0.3, 0.4) is 0 Å². The molecule has 8 nitrogen and oxygen atoms in total. The first-order valence-electron chi connectivity index (χ1n) is 10.8. The van der Waals surface area contributed by atoms with Gasteiger partial charge in [0.05, 0.1) is 28.9 Å². The highest BCUT2D eigenvalue weighted by Crippen LogP contribution is 2.34. The molecule has 1 aliphatic rings. The molecule has 0 saturated carbocycles. The van der Waals surface area contributed by atoms with Crippen molar-refractivity contribution >= 4 is 35.4 Å². The van der Waals surface area contributed by atoms with Crippen LogP contribution in [0.25, 0.3) is 11.3 Å². The molecule has 0 saturated heterocycles. The molecule has 0 bridgehead atoms. The molecule has 10 heteroatoms. The zero-order valence-electron chi connectivity index (χ0n) is 18.8. The Morgan fingerprint density at radius 1 is 1.29 bits per heavy atom. The number of carbonyl (C=O) groups excluding carboxylic acids is 2. The van der Waals surface area contributed by atoms with E-state index in [0.717, 1.165) is 5.56 Å². The van der Waals surface area contributed by atoms with Crippen LogP contribution in [0.4, 0.5) is 14.9 Å². The number of benzene rings is 2. The summed E-state index contributed by atoms with van der Waals surface area (Å²) in [4.78, 5) is 31.1. The minimum Gasteiger partial charge on any atom is -0.365 e. The second kappa shape index (κ2) is 9.64. The smallest absolute Gasteiger partial charge is 0.322 e. The second-order valence-corrected chi connectivity index (χ2v) is 8.40. The van der Waals surface area contributed by atoms with Gasteiger partial charge in [0, 0.05) is 31.1 Å². The van der Waals surface area contributed by atoms with Gasteiger partial charge in [0.25, 0.3) is 5.91 Å². The molecule has 0 radical (unpaired) electrons. The molecule has 2 heterocycles. The Morgan fingerprint density at radius 2 is 2.03 bits per heavy atom. The van der Waals surface area contributed by atoms with Crippen LogP contribution >= 0.6 is 11.6 Å². The first kappa shape index (κ1) is 23.4. The van der Waals surface area contributed by atoms with E-state index in [1.165, 1.54) is 18.2 Å². The molecule has 3 N–H and O–H groups in total. The van der Waals surface area contributed by atoms with Gasteiger partial charge in [-0.1, -0.05) is 30.7 Å². The summed E-state index contributed by atoms with van der Waals surface area (Å²) in [7, 11) is 1.69. The number of aromatic nitrogens is 2. The third-order valence-electron chi connectivity index (χ3n) is 5.77. The SMILES string of the molecule is CCC1CN(C(=O)Nc2ccc(C=NC)cc2)Cc2c(C(N)=O)c(-c3ccc(F)c(Cl)c3)nn21. The number of nitrogens with two attached hydrogens (primary N) is 1.